The highest BCUT2D eigenvalue weighted by atomic mass is 32.1. The maximum atomic E-state index is 11.8. The van der Waals surface area contributed by atoms with Gasteiger partial charge in [-0.25, -0.2) is 0 Å². The molecule has 0 fully saturated rings. The summed E-state index contributed by atoms with van der Waals surface area (Å²) in [5.41, 5.74) is 2.57. The molecular formula is C13H17N5O2S. The molecule has 21 heavy (non-hydrogen) atoms. The van der Waals surface area contributed by atoms with Gasteiger partial charge in [-0.3, -0.25) is 14.3 Å². The number of hydrogen-bond acceptors (Lipinski definition) is 5. The Balaban J connectivity index is 1.76. The zero-order chi connectivity index (χ0) is 15.4. The summed E-state index contributed by atoms with van der Waals surface area (Å²) in [5, 5.41) is 11.2. The SMILES string of the molecule is Cc1nscc1C(=O)NCCNC(=O)c1cc(C)n(C)n1. The van der Waals surface area contributed by atoms with Gasteiger partial charge in [0.2, 0.25) is 0 Å². The second kappa shape index (κ2) is 6.49. The number of aryl methyl sites for hydroxylation is 3. The third kappa shape index (κ3) is 3.66. The molecule has 0 spiro atoms. The van der Waals surface area contributed by atoms with Gasteiger partial charge in [-0.15, -0.1) is 0 Å². The van der Waals surface area contributed by atoms with Crippen molar-refractivity contribution in [3.63, 3.8) is 0 Å². The standard InChI is InChI=1S/C13H17N5O2S/c1-8-6-11(16-18(8)3)13(20)15-5-4-14-12(19)10-7-21-17-9(10)2/h6-7H,4-5H2,1-3H3,(H,14,19)(H,15,20). The van der Waals surface area contributed by atoms with Crippen LogP contribution in [-0.4, -0.2) is 39.1 Å². The molecule has 0 saturated carbocycles. The van der Waals surface area contributed by atoms with Gasteiger partial charge in [0.1, 0.15) is 5.69 Å². The monoisotopic (exact) mass is 307 g/mol. The molecule has 0 aliphatic carbocycles. The van der Waals surface area contributed by atoms with E-state index in [4.69, 9.17) is 0 Å². The molecule has 0 saturated heterocycles. The fourth-order valence-corrected chi connectivity index (χ4v) is 2.41. The number of hydrogen-bond donors (Lipinski definition) is 2. The van der Waals surface area contributed by atoms with Crippen LogP contribution in [0.4, 0.5) is 0 Å². The Labute approximate surface area is 126 Å². The second-order valence-corrected chi connectivity index (χ2v) is 5.25. The lowest BCUT2D eigenvalue weighted by molar-refractivity contribution is 0.0924. The first kappa shape index (κ1) is 15.2. The summed E-state index contributed by atoms with van der Waals surface area (Å²) in [6.07, 6.45) is 0. The molecule has 8 heteroatoms. The molecule has 0 bridgehead atoms. The first-order chi connectivity index (χ1) is 9.99. The van der Waals surface area contributed by atoms with Crippen molar-refractivity contribution < 1.29 is 9.59 Å². The smallest absolute Gasteiger partial charge is 0.271 e. The Morgan fingerprint density at radius 3 is 2.43 bits per heavy atom. The summed E-state index contributed by atoms with van der Waals surface area (Å²) in [6, 6.07) is 1.72. The van der Waals surface area contributed by atoms with Crippen LogP contribution in [0.5, 0.6) is 0 Å². The summed E-state index contributed by atoms with van der Waals surface area (Å²) < 4.78 is 5.69. The minimum atomic E-state index is -0.249. The molecule has 2 rings (SSSR count). The third-order valence-electron chi connectivity index (χ3n) is 3.04. The lowest BCUT2D eigenvalue weighted by Crippen LogP contribution is -2.35. The summed E-state index contributed by atoms with van der Waals surface area (Å²) >= 11 is 1.25. The number of nitrogens with zero attached hydrogens (tertiary/aromatic N) is 3. The largest absolute Gasteiger partial charge is 0.350 e. The summed E-state index contributed by atoms with van der Waals surface area (Å²) in [4.78, 5) is 23.6. The molecule has 112 valence electrons. The lowest BCUT2D eigenvalue weighted by atomic mass is 10.2. The Morgan fingerprint density at radius 2 is 1.90 bits per heavy atom. The first-order valence-corrected chi connectivity index (χ1v) is 7.30. The van der Waals surface area contributed by atoms with E-state index in [-0.39, 0.29) is 11.8 Å². The van der Waals surface area contributed by atoms with Crippen molar-refractivity contribution in [3.8, 4) is 0 Å². The highest BCUT2D eigenvalue weighted by Gasteiger charge is 2.12. The second-order valence-electron chi connectivity index (χ2n) is 4.62. The topological polar surface area (TPSA) is 88.9 Å². The Bertz CT molecular complexity index is 642. The average Bonchev–Trinajstić information content (AvgIpc) is 3.01. The van der Waals surface area contributed by atoms with Crippen LogP contribution in [0.25, 0.3) is 0 Å². The van der Waals surface area contributed by atoms with Crippen LogP contribution >= 0.6 is 11.5 Å². The molecule has 0 unspecified atom stereocenters. The molecule has 0 radical (unpaired) electrons. The van der Waals surface area contributed by atoms with Gasteiger partial charge in [0, 0.05) is 31.2 Å². The fourth-order valence-electron chi connectivity index (χ4n) is 1.72. The number of rotatable bonds is 5. The lowest BCUT2D eigenvalue weighted by Gasteiger charge is -2.05. The predicted molar refractivity (Wildman–Crippen MR) is 79.5 cm³/mol. The first-order valence-electron chi connectivity index (χ1n) is 6.47. The molecule has 2 aromatic heterocycles. The van der Waals surface area contributed by atoms with E-state index in [9.17, 15) is 9.59 Å². The molecule has 2 amide bonds. The van der Waals surface area contributed by atoms with Crippen LogP contribution in [0.3, 0.4) is 0 Å². The van der Waals surface area contributed by atoms with Crippen molar-refractivity contribution in [2.24, 2.45) is 7.05 Å². The van der Waals surface area contributed by atoms with Gasteiger partial charge in [-0.1, -0.05) is 0 Å². The zero-order valence-electron chi connectivity index (χ0n) is 12.1. The van der Waals surface area contributed by atoms with Crippen molar-refractivity contribution in [1.29, 1.82) is 0 Å². The average molecular weight is 307 g/mol. The van der Waals surface area contributed by atoms with Gasteiger partial charge in [-0.05, 0) is 31.4 Å². The van der Waals surface area contributed by atoms with Crippen LogP contribution in [-0.2, 0) is 7.05 Å². The molecule has 0 aliphatic heterocycles. The molecule has 0 aromatic carbocycles. The van der Waals surface area contributed by atoms with Gasteiger partial charge < -0.3 is 10.6 Å². The number of carbonyl (C=O) groups is 2. The van der Waals surface area contributed by atoms with Crippen molar-refractivity contribution in [2.45, 2.75) is 13.8 Å². The van der Waals surface area contributed by atoms with E-state index in [1.165, 1.54) is 11.5 Å². The van der Waals surface area contributed by atoms with Crippen LogP contribution in [0.2, 0.25) is 0 Å². The van der Waals surface area contributed by atoms with E-state index in [2.05, 4.69) is 20.1 Å². The van der Waals surface area contributed by atoms with Crippen molar-refractivity contribution in [1.82, 2.24) is 24.8 Å². The van der Waals surface area contributed by atoms with Crippen molar-refractivity contribution in [2.75, 3.05) is 13.1 Å². The Kier molecular flexibility index (Phi) is 4.69. The molecule has 0 aliphatic rings. The highest BCUT2D eigenvalue weighted by Crippen LogP contribution is 2.08. The van der Waals surface area contributed by atoms with Crippen molar-refractivity contribution >= 4 is 23.3 Å². The van der Waals surface area contributed by atoms with E-state index in [0.29, 0.717) is 30.0 Å². The molecule has 7 nitrogen and oxygen atoms in total. The van der Waals surface area contributed by atoms with Crippen LogP contribution in [0.1, 0.15) is 32.2 Å². The van der Waals surface area contributed by atoms with Crippen molar-refractivity contribution in [3.05, 3.63) is 34.1 Å². The summed E-state index contributed by atoms with van der Waals surface area (Å²) in [7, 11) is 1.78. The van der Waals surface area contributed by atoms with E-state index in [1.807, 2.05) is 6.92 Å². The van der Waals surface area contributed by atoms with Crippen LogP contribution in [0, 0.1) is 13.8 Å². The summed E-state index contributed by atoms with van der Waals surface area (Å²) in [6.45, 7) is 4.36. The number of aromatic nitrogens is 3. The highest BCUT2D eigenvalue weighted by molar-refractivity contribution is 7.03. The van der Waals surface area contributed by atoms with E-state index in [1.54, 1.807) is 30.1 Å². The molecule has 2 N–H and O–H groups in total. The number of amides is 2. The normalized spacial score (nSPS) is 10.4. The maximum Gasteiger partial charge on any atom is 0.271 e. The quantitative estimate of drug-likeness (QED) is 0.794. The predicted octanol–water partition coefficient (Wildman–Crippen LogP) is 0.653. The van der Waals surface area contributed by atoms with Gasteiger partial charge in [-0.2, -0.15) is 9.47 Å². The minimum Gasteiger partial charge on any atom is -0.350 e. The Morgan fingerprint density at radius 1 is 1.24 bits per heavy atom. The van der Waals surface area contributed by atoms with E-state index in [0.717, 1.165) is 5.69 Å². The van der Waals surface area contributed by atoms with E-state index < -0.39 is 0 Å². The van der Waals surface area contributed by atoms with Gasteiger partial charge >= 0.3 is 0 Å². The van der Waals surface area contributed by atoms with E-state index >= 15 is 0 Å². The molecular weight excluding hydrogens is 290 g/mol. The fraction of sp³-hybridized carbons (Fsp3) is 0.385. The molecule has 2 heterocycles. The van der Waals surface area contributed by atoms with Gasteiger partial charge in [0.15, 0.2) is 0 Å². The summed E-state index contributed by atoms with van der Waals surface area (Å²) in [5.74, 6) is -0.425. The van der Waals surface area contributed by atoms with Gasteiger partial charge in [0.05, 0.1) is 11.3 Å². The van der Waals surface area contributed by atoms with Gasteiger partial charge in [0.25, 0.3) is 11.8 Å². The minimum absolute atomic E-state index is 0.177. The molecule has 2 aromatic rings. The third-order valence-corrected chi connectivity index (χ3v) is 3.76. The number of nitrogens with one attached hydrogen (secondary N) is 2. The zero-order valence-corrected chi connectivity index (χ0v) is 13.0. The number of carbonyl (C=O) groups excluding carboxylic acids is 2. The molecule has 0 atom stereocenters. The van der Waals surface area contributed by atoms with Crippen LogP contribution < -0.4 is 10.6 Å². The maximum absolute atomic E-state index is 11.8. The van der Waals surface area contributed by atoms with Crippen LogP contribution in [0.15, 0.2) is 11.4 Å². The Hall–Kier alpha value is -2.22.